The van der Waals surface area contributed by atoms with E-state index in [4.69, 9.17) is 16.0 Å². The van der Waals surface area contributed by atoms with E-state index in [-0.39, 0.29) is 6.04 Å². The fraction of sp³-hybridized carbons (Fsp3) is 0.333. The maximum absolute atomic E-state index is 5.96. The first-order valence-corrected chi connectivity index (χ1v) is 5.77. The molecule has 1 aromatic heterocycles. The lowest BCUT2D eigenvalue weighted by atomic mass is 10.1. The van der Waals surface area contributed by atoms with Crippen LogP contribution in [0, 0.1) is 6.92 Å². The van der Waals surface area contributed by atoms with Crippen LogP contribution in [-0.4, -0.2) is 17.2 Å². The molecule has 90 valence electrons. The van der Waals surface area contributed by atoms with Gasteiger partial charge in [0.05, 0.1) is 6.04 Å². The molecule has 0 radical (unpaired) electrons. The molecule has 0 spiro atoms. The van der Waals surface area contributed by atoms with Crippen molar-refractivity contribution in [3.8, 4) is 11.5 Å². The zero-order valence-corrected chi connectivity index (χ0v) is 10.7. The van der Waals surface area contributed by atoms with E-state index in [0.717, 1.165) is 11.1 Å². The molecule has 0 aliphatic carbocycles. The fourth-order valence-electron chi connectivity index (χ4n) is 1.47. The molecule has 0 fully saturated rings. The maximum Gasteiger partial charge on any atom is 0.248 e. The molecular formula is C12H14ClN3O. The molecule has 0 aliphatic rings. The second-order valence-electron chi connectivity index (χ2n) is 3.92. The van der Waals surface area contributed by atoms with E-state index in [1.807, 2.05) is 39.1 Å². The highest BCUT2D eigenvalue weighted by Crippen LogP contribution is 2.26. The average Bonchev–Trinajstić information content (AvgIpc) is 2.80. The Morgan fingerprint density at radius 1 is 1.35 bits per heavy atom. The van der Waals surface area contributed by atoms with Gasteiger partial charge in [0.25, 0.3) is 0 Å². The van der Waals surface area contributed by atoms with E-state index in [1.54, 1.807) is 0 Å². The highest BCUT2D eigenvalue weighted by molar-refractivity contribution is 6.30. The van der Waals surface area contributed by atoms with Gasteiger partial charge in [-0.25, -0.2) is 0 Å². The Kier molecular flexibility index (Phi) is 3.45. The summed E-state index contributed by atoms with van der Waals surface area (Å²) in [5.41, 5.74) is 1.93. The number of hydrogen-bond donors (Lipinski definition) is 1. The topological polar surface area (TPSA) is 51.0 Å². The number of aromatic nitrogens is 2. The Morgan fingerprint density at radius 2 is 2.12 bits per heavy atom. The van der Waals surface area contributed by atoms with Gasteiger partial charge in [0, 0.05) is 10.6 Å². The third-order valence-electron chi connectivity index (χ3n) is 2.67. The summed E-state index contributed by atoms with van der Waals surface area (Å²) in [6, 6.07) is 5.64. The summed E-state index contributed by atoms with van der Waals surface area (Å²) in [7, 11) is 1.85. The van der Waals surface area contributed by atoms with Gasteiger partial charge in [-0.1, -0.05) is 17.7 Å². The molecule has 2 aromatic rings. The van der Waals surface area contributed by atoms with Crippen molar-refractivity contribution < 1.29 is 4.42 Å². The van der Waals surface area contributed by atoms with Crippen LogP contribution in [0.1, 0.15) is 24.4 Å². The number of nitrogens with one attached hydrogen (secondary N) is 1. The fourth-order valence-corrected chi connectivity index (χ4v) is 1.64. The second-order valence-corrected chi connectivity index (χ2v) is 4.35. The quantitative estimate of drug-likeness (QED) is 0.911. The van der Waals surface area contributed by atoms with E-state index in [1.165, 1.54) is 0 Å². The van der Waals surface area contributed by atoms with Gasteiger partial charge in [-0.15, -0.1) is 10.2 Å². The van der Waals surface area contributed by atoms with Gasteiger partial charge in [0.1, 0.15) is 0 Å². The Hall–Kier alpha value is -1.39. The first kappa shape index (κ1) is 12.1. The molecule has 5 heteroatoms. The second kappa shape index (κ2) is 4.85. The van der Waals surface area contributed by atoms with Gasteiger partial charge < -0.3 is 9.73 Å². The summed E-state index contributed by atoms with van der Waals surface area (Å²) >= 11 is 5.96. The van der Waals surface area contributed by atoms with Crippen LogP contribution in [-0.2, 0) is 0 Å². The standard InChI is InChI=1S/C12H14ClN3O/c1-7-4-5-9(13)6-10(7)12-16-15-11(17-12)8(2)14-3/h4-6,8,14H,1-3H3. The molecule has 1 heterocycles. The van der Waals surface area contributed by atoms with Crippen LogP contribution in [0.4, 0.5) is 0 Å². The molecule has 17 heavy (non-hydrogen) atoms. The monoisotopic (exact) mass is 251 g/mol. The maximum atomic E-state index is 5.96. The molecule has 4 nitrogen and oxygen atoms in total. The molecule has 1 atom stereocenters. The van der Waals surface area contributed by atoms with Crippen LogP contribution >= 0.6 is 11.6 Å². The molecular weight excluding hydrogens is 238 g/mol. The molecule has 1 N–H and O–H groups in total. The Balaban J connectivity index is 2.40. The summed E-state index contributed by atoms with van der Waals surface area (Å²) in [4.78, 5) is 0. The molecule has 2 rings (SSSR count). The van der Waals surface area contributed by atoms with E-state index in [2.05, 4.69) is 15.5 Å². The highest BCUT2D eigenvalue weighted by Gasteiger charge is 2.14. The molecule has 0 amide bonds. The SMILES string of the molecule is CNC(C)c1nnc(-c2cc(Cl)ccc2C)o1. The Labute approximate surface area is 105 Å². The summed E-state index contributed by atoms with van der Waals surface area (Å²) < 4.78 is 5.61. The van der Waals surface area contributed by atoms with Gasteiger partial charge in [0.15, 0.2) is 0 Å². The summed E-state index contributed by atoms with van der Waals surface area (Å²) in [5.74, 6) is 1.07. The lowest BCUT2D eigenvalue weighted by Gasteiger charge is -2.03. The van der Waals surface area contributed by atoms with Crippen LogP contribution in [0.2, 0.25) is 5.02 Å². The summed E-state index contributed by atoms with van der Waals surface area (Å²) in [5, 5.41) is 11.8. The zero-order valence-electron chi connectivity index (χ0n) is 9.99. The van der Waals surface area contributed by atoms with Crippen molar-refractivity contribution in [3.63, 3.8) is 0 Å². The van der Waals surface area contributed by atoms with Gasteiger partial charge in [-0.2, -0.15) is 0 Å². The first-order chi connectivity index (χ1) is 8.11. The van der Waals surface area contributed by atoms with E-state index < -0.39 is 0 Å². The van der Waals surface area contributed by atoms with Crippen LogP contribution < -0.4 is 5.32 Å². The van der Waals surface area contributed by atoms with Crippen LogP contribution in [0.15, 0.2) is 22.6 Å². The lowest BCUT2D eigenvalue weighted by Crippen LogP contribution is -2.12. The van der Waals surface area contributed by atoms with Gasteiger partial charge in [0.2, 0.25) is 11.8 Å². The van der Waals surface area contributed by atoms with E-state index >= 15 is 0 Å². The van der Waals surface area contributed by atoms with Crippen molar-refractivity contribution >= 4 is 11.6 Å². The largest absolute Gasteiger partial charge is 0.419 e. The average molecular weight is 252 g/mol. The minimum absolute atomic E-state index is 0.0377. The molecule has 1 aromatic carbocycles. The normalized spacial score (nSPS) is 12.7. The van der Waals surface area contributed by atoms with Crippen molar-refractivity contribution in [2.24, 2.45) is 0 Å². The van der Waals surface area contributed by atoms with Crippen LogP contribution in [0.3, 0.4) is 0 Å². The molecule has 0 bridgehead atoms. The van der Waals surface area contributed by atoms with Crippen molar-refractivity contribution in [1.82, 2.24) is 15.5 Å². The predicted molar refractivity (Wildman–Crippen MR) is 67.0 cm³/mol. The van der Waals surface area contributed by atoms with Crippen molar-refractivity contribution in [1.29, 1.82) is 0 Å². The number of halogens is 1. The minimum atomic E-state index is 0.0377. The predicted octanol–water partition coefficient (Wildman–Crippen LogP) is 2.98. The van der Waals surface area contributed by atoms with Crippen LogP contribution in [0.5, 0.6) is 0 Å². The summed E-state index contributed by atoms with van der Waals surface area (Å²) in [6.07, 6.45) is 0. The summed E-state index contributed by atoms with van der Waals surface area (Å²) in [6.45, 7) is 3.94. The molecule has 0 saturated carbocycles. The number of rotatable bonds is 3. The van der Waals surface area contributed by atoms with Gasteiger partial charge in [-0.3, -0.25) is 0 Å². The van der Waals surface area contributed by atoms with Crippen molar-refractivity contribution in [2.45, 2.75) is 19.9 Å². The number of aryl methyl sites for hydroxylation is 1. The Bertz CT molecular complexity index is 524. The van der Waals surface area contributed by atoms with Crippen molar-refractivity contribution in [2.75, 3.05) is 7.05 Å². The molecule has 1 unspecified atom stereocenters. The number of nitrogens with zero attached hydrogens (tertiary/aromatic N) is 2. The van der Waals surface area contributed by atoms with Crippen LogP contribution in [0.25, 0.3) is 11.5 Å². The zero-order chi connectivity index (χ0) is 12.4. The smallest absolute Gasteiger partial charge is 0.248 e. The van der Waals surface area contributed by atoms with Gasteiger partial charge >= 0.3 is 0 Å². The lowest BCUT2D eigenvalue weighted by molar-refractivity contribution is 0.441. The van der Waals surface area contributed by atoms with Gasteiger partial charge in [-0.05, 0) is 38.6 Å². The molecule has 0 saturated heterocycles. The minimum Gasteiger partial charge on any atom is -0.419 e. The third-order valence-corrected chi connectivity index (χ3v) is 2.91. The first-order valence-electron chi connectivity index (χ1n) is 5.39. The Morgan fingerprint density at radius 3 is 2.82 bits per heavy atom. The molecule has 0 aliphatic heterocycles. The third kappa shape index (κ3) is 2.48. The number of benzene rings is 1. The number of hydrogen-bond acceptors (Lipinski definition) is 4. The van der Waals surface area contributed by atoms with E-state index in [9.17, 15) is 0 Å². The van der Waals surface area contributed by atoms with Crippen molar-refractivity contribution in [3.05, 3.63) is 34.7 Å². The van der Waals surface area contributed by atoms with E-state index in [0.29, 0.717) is 16.8 Å². The highest BCUT2D eigenvalue weighted by atomic mass is 35.5.